The van der Waals surface area contributed by atoms with Gasteiger partial charge >= 0.3 is 0 Å². The molecule has 1 aromatic carbocycles. The number of methoxy groups -OCH3 is 1. The summed E-state index contributed by atoms with van der Waals surface area (Å²) in [4.78, 5) is 11.4. The molecule has 88 valence electrons. The molecular weight excluding hydrogens is 206 g/mol. The van der Waals surface area contributed by atoms with E-state index in [0.717, 1.165) is 5.56 Å². The summed E-state index contributed by atoms with van der Waals surface area (Å²) in [6, 6.07) is 5.15. The normalized spacial score (nSPS) is 10.1. The van der Waals surface area contributed by atoms with Gasteiger partial charge in [0.05, 0.1) is 5.69 Å². The highest BCUT2D eigenvalue weighted by Crippen LogP contribution is 2.23. The molecule has 0 fully saturated rings. The minimum Gasteiger partial charge on any atom is -0.506 e. The Morgan fingerprint density at radius 3 is 2.88 bits per heavy atom. The number of anilines is 1. The molecular formula is C12H17NO3. The van der Waals surface area contributed by atoms with E-state index in [4.69, 9.17) is 4.74 Å². The molecule has 4 heteroatoms. The molecule has 0 aromatic heterocycles. The van der Waals surface area contributed by atoms with Crippen LogP contribution in [0.2, 0.25) is 0 Å². The zero-order valence-electron chi connectivity index (χ0n) is 9.62. The molecule has 0 spiro atoms. The Kier molecular flexibility index (Phi) is 4.79. The molecule has 1 aromatic rings. The molecule has 0 atom stereocenters. The van der Waals surface area contributed by atoms with Crippen molar-refractivity contribution >= 4 is 11.6 Å². The van der Waals surface area contributed by atoms with E-state index >= 15 is 0 Å². The van der Waals surface area contributed by atoms with Gasteiger partial charge in [0.2, 0.25) is 5.91 Å². The standard InChI is InChI=1S/C12H17NO3/c1-9-5-6-10(11(14)8-9)13-12(15)4-3-7-16-2/h5-6,8,14H,3-4,7H2,1-2H3,(H,13,15). The third-order valence-electron chi connectivity index (χ3n) is 2.18. The van der Waals surface area contributed by atoms with Crippen LogP contribution in [0.4, 0.5) is 5.69 Å². The van der Waals surface area contributed by atoms with Gasteiger partial charge in [-0.15, -0.1) is 0 Å². The number of phenols is 1. The van der Waals surface area contributed by atoms with Crippen LogP contribution in [0.5, 0.6) is 5.75 Å². The highest BCUT2D eigenvalue weighted by Gasteiger charge is 2.05. The molecule has 0 saturated heterocycles. The first-order chi connectivity index (χ1) is 7.63. The smallest absolute Gasteiger partial charge is 0.224 e. The number of carbonyl (C=O) groups is 1. The maximum Gasteiger partial charge on any atom is 0.224 e. The van der Waals surface area contributed by atoms with Crippen molar-refractivity contribution in [2.45, 2.75) is 19.8 Å². The van der Waals surface area contributed by atoms with E-state index < -0.39 is 0 Å². The molecule has 0 bridgehead atoms. The summed E-state index contributed by atoms with van der Waals surface area (Å²) >= 11 is 0. The number of aryl methyl sites for hydroxylation is 1. The van der Waals surface area contributed by atoms with Gasteiger partial charge < -0.3 is 15.2 Å². The lowest BCUT2D eigenvalue weighted by molar-refractivity contribution is -0.116. The number of hydrogen-bond acceptors (Lipinski definition) is 3. The van der Waals surface area contributed by atoms with Crippen LogP contribution in [0.25, 0.3) is 0 Å². The molecule has 2 N–H and O–H groups in total. The van der Waals surface area contributed by atoms with Crippen molar-refractivity contribution in [3.63, 3.8) is 0 Å². The molecule has 0 aliphatic rings. The number of rotatable bonds is 5. The fourth-order valence-electron chi connectivity index (χ4n) is 1.34. The average molecular weight is 223 g/mol. The summed E-state index contributed by atoms with van der Waals surface area (Å²) in [5.41, 5.74) is 1.41. The summed E-state index contributed by atoms with van der Waals surface area (Å²) in [5.74, 6) is -0.0173. The number of benzene rings is 1. The van der Waals surface area contributed by atoms with Crippen molar-refractivity contribution in [3.05, 3.63) is 23.8 Å². The monoisotopic (exact) mass is 223 g/mol. The third-order valence-corrected chi connectivity index (χ3v) is 2.18. The summed E-state index contributed by atoms with van der Waals surface area (Å²) in [6.07, 6.45) is 1.07. The SMILES string of the molecule is COCCCC(=O)Nc1ccc(C)cc1O. The highest BCUT2D eigenvalue weighted by atomic mass is 16.5. The fraction of sp³-hybridized carbons (Fsp3) is 0.417. The molecule has 0 unspecified atom stereocenters. The van der Waals surface area contributed by atoms with Gasteiger partial charge in [-0.1, -0.05) is 6.07 Å². The lowest BCUT2D eigenvalue weighted by Gasteiger charge is -2.07. The van der Waals surface area contributed by atoms with E-state index in [0.29, 0.717) is 25.1 Å². The third kappa shape index (κ3) is 3.90. The van der Waals surface area contributed by atoms with Crippen molar-refractivity contribution in [3.8, 4) is 5.75 Å². The van der Waals surface area contributed by atoms with Gasteiger partial charge in [0.25, 0.3) is 0 Å². The number of ether oxygens (including phenoxy) is 1. The molecule has 4 nitrogen and oxygen atoms in total. The van der Waals surface area contributed by atoms with E-state index in [1.165, 1.54) is 0 Å². The predicted molar refractivity (Wildman–Crippen MR) is 62.6 cm³/mol. The van der Waals surface area contributed by atoms with E-state index in [9.17, 15) is 9.90 Å². The van der Waals surface area contributed by atoms with E-state index in [-0.39, 0.29) is 11.7 Å². The Hall–Kier alpha value is -1.55. The van der Waals surface area contributed by atoms with Gasteiger partial charge in [-0.05, 0) is 31.0 Å². The van der Waals surface area contributed by atoms with Crippen molar-refractivity contribution in [1.29, 1.82) is 0 Å². The van der Waals surface area contributed by atoms with E-state index in [2.05, 4.69) is 5.32 Å². The number of nitrogens with one attached hydrogen (secondary N) is 1. The highest BCUT2D eigenvalue weighted by molar-refractivity contribution is 5.92. The second kappa shape index (κ2) is 6.12. The van der Waals surface area contributed by atoms with Crippen LogP contribution < -0.4 is 5.32 Å². The van der Waals surface area contributed by atoms with Gasteiger partial charge in [0, 0.05) is 20.1 Å². The number of phenolic OH excluding ortho intramolecular Hbond substituents is 1. The molecule has 16 heavy (non-hydrogen) atoms. The van der Waals surface area contributed by atoms with Crippen molar-refractivity contribution in [1.82, 2.24) is 0 Å². The van der Waals surface area contributed by atoms with Crippen LogP contribution in [-0.4, -0.2) is 24.7 Å². The van der Waals surface area contributed by atoms with E-state index in [1.54, 1.807) is 19.2 Å². The molecule has 0 saturated carbocycles. The lowest BCUT2D eigenvalue weighted by Crippen LogP contribution is -2.12. The molecule has 0 aliphatic carbocycles. The zero-order valence-corrected chi connectivity index (χ0v) is 9.62. The number of hydrogen-bond donors (Lipinski definition) is 2. The maximum atomic E-state index is 11.4. The summed E-state index contributed by atoms with van der Waals surface area (Å²) in [6.45, 7) is 2.44. The number of amides is 1. The second-order valence-corrected chi connectivity index (χ2v) is 3.67. The topological polar surface area (TPSA) is 58.6 Å². The van der Waals surface area contributed by atoms with E-state index in [1.807, 2.05) is 13.0 Å². The van der Waals surface area contributed by atoms with Crippen LogP contribution in [0.1, 0.15) is 18.4 Å². The minimum absolute atomic E-state index is 0.0973. The quantitative estimate of drug-likeness (QED) is 0.593. The van der Waals surface area contributed by atoms with Crippen LogP contribution >= 0.6 is 0 Å². The summed E-state index contributed by atoms with van der Waals surface area (Å²) in [7, 11) is 1.60. The maximum absolute atomic E-state index is 11.4. The fourth-order valence-corrected chi connectivity index (χ4v) is 1.34. The Bertz CT molecular complexity index is 363. The van der Waals surface area contributed by atoms with Crippen LogP contribution in [0.15, 0.2) is 18.2 Å². The largest absolute Gasteiger partial charge is 0.506 e. The van der Waals surface area contributed by atoms with Gasteiger partial charge in [0.1, 0.15) is 5.75 Å². The first-order valence-corrected chi connectivity index (χ1v) is 5.22. The zero-order chi connectivity index (χ0) is 12.0. The first kappa shape index (κ1) is 12.5. The van der Waals surface area contributed by atoms with Crippen molar-refractivity contribution < 1.29 is 14.6 Å². The Morgan fingerprint density at radius 1 is 1.50 bits per heavy atom. The molecule has 0 radical (unpaired) electrons. The molecule has 1 rings (SSSR count). The lowest BCUT2D eigenvalue weighted by atomic mass is 10.2. The molecule has 1 amide bonds. The predicted octanol–water partition coefficient (Wildman–Crippen LogP) is 2.07. The molecule has 0 aliphatic heterocycles. The van der Waals surface area contributed by atoms with Crippen LogP contribution in [0.3, 0.4) is 0 Å². The summed E-state index contributed by atoms with van der Waals surface area (Å²) in [5, 5.41) is 12.2. The van der Waals surface area contributed by atoms with Gasteiger partial charge in [0.15, 0.2) is 0 Å². The Labute approximate surface area is 95.2 Å². The molecule has 0 heterocycles. The van der Waals surface area contributed by atoms with Gasteiger partial charge in [-0.3, -0.25) is 4.79 Å². The average Bonchev–Trinajstić information content (AvgIpc) is 2.23. The second-order valence-electron chi connectivity index (χ2n) is 3.67. The van der Waals surface area contributed by atoms with Crippen LogP contribution in [0, 0.1) is 6.92 Å². The van der Waals surface area contributed by atoms with Crippen molar-refractivity contribution in [2.75, 3.05) is 19.0 Å². The number of aromatic hydroxyl groups is 1. The summed E-state index contributed by atoms with van der Waals surface area (Å²) < 4.78 is 4.85. The van der Waals surface area contributed by atoms with Crippen molar-refractivity contribution in [2.24, 2.45) is 0 Å². The van der Waals surface area contributed by atoms with Gasteiger partial charge in [-0.2, -0.15) is 0 Å². The first-order valence-electron chi connectivity index (χ1n) is 5.22. The number of carbonyl (C=O) groups excluding carboxylic acids is 1. The Morgan fingerprint density at radius 2 is 2.25 bits per heavy atom. The van der Waals surface area contributed by atoms with Crippen LogP contribution in [-0.2, 0) is 9.53 Å². The Balaban J connectivity index is 2.49. The van der Waals surface area contributed by atoms with Gasteiger partial charge in [-0.25, -0.2) is 0 Å². The minimum atomic E-state index is -0.115.